The molecule has 35 heavy (non-hydrogen) atoms. The standard InChI is InChI=1S/C25H25ClN2O6S/c1-3-14-33-23-13-8-19(16-24(23)32-4-2)25(29)28-27-17-18-6-5-7-21(15-18)34-35(30,31)22-11-9-20(26)10-12-22/h5-13,15-17H,3-4,14H2,1-2H3,(H,28,29)/b27-17+. The van der Waals surface area contributed by atoms with Gasteiger partial charge in [0, 0.05) is 10.6 Å². The van der Waals surface area contributed by atoms with Gasteiger partial charge in [0.15, 0.2) is 11.5 Å². The summed E-state index contributed by atoms with van der Waals surface area (Å²) < 4.78 is 41.3. The normalized spacial score (nSPS) is 11.3. The Kier molecular flexibility index (Phi) is 9.11. The maximum absolute atomic E-state index is 12.5. The van der Waals surface area contributed by atoms with Crippen LogP contribution in [0.1, 0.15) is 36.2 Å². The fourth-order valence-corrected chi connectivity index (χ4v) is 3.95. The van der Waals surface area contributed by atoms with E-state index in [0.717, 1.165) is 6.42 Å². The van der Waals surface area contributed by atoms with Crippen LogP contribution < -0.4 is 19.1 Å². The molecule has 0 heterocycles. The third-order valence-electron chi connectivity index (χ3n) is 4.51. The average Bonchev–Trinajstić information content (AvgIpc) is 2.83. The molecular formula is C25H25ClN2O6S. The smallest absolute Gasteiger partial charge is 0.339 e. The molecule has 1 amide bonds. The molecule has 0 fully saturated rings. The summed E-state index contributed by atoms with van der Waals surface area (Å²) in [5.41, 5.74) is 3.31. The number of hydrogen-bond acceptors (Lipinski definition) is 7. The number of nitrogens with zero attached hydrogens (tertiary/aromatic N) is 1. The van der Waals surface area contributed by atoms with Crippen LogP contribution in [0.2, 0.25) is 5.02 Å². The van der Waals surface area contributed by atoms with Crippen LogP contribution in [-0.4, -0.2) is 33.8 Å². The third-order valence-corrected chi connectivity index (χ3v) is 6.03. The summed E-state index contributed by atoms with van der Waals surface area (Å²) in [6, 6.07) is 16.8. The van der Waals surface area contributed by atoms with E-state index in [2.05, 4.69) is 10.5 Å². The SMILES string of the molecule is CCCOc1ccc(C(=O)N/N=C/c2cccc(OS(=O)(=O)c3ccc(Cl)cc3)c2)cc1OCC. The van der Waals surface area contributed by atoms with Crippen molar-refractivity contribution in [3.05, 3.63) is 82.9 Å². The highest BCUT2D eigenvalue weighted by molar-refractivity contribution is 7.87. The Morgan fingerprint density at radius 3 is 2.49 bits per heavy atom. The molecule has 3 aromatic carbocycles. The molecule has 0 radical (unpaired) electrons. The number of amides is 1. The van der Waals surface area contributed by atoms with E-state index in [1.54, 1.807) is 30.3 Å². The Morgan fingerprint density at radius 1 is 1.00 bits per heavy atom. The van der Waals surface area contributed by atoms with Crippen LogP contribution in [0, 0.1) is 0 Å². The van der Waals surface area contributed by atoms with Gasteiger partial charge in [-0.05, 0) is 73.5 Å². The highest BCUT2D eigenvalue weighted by Gasteiger charge is 2.16. The van der Waals surface area contributed by atoms with Crippen molar-refractivity contribution in [2.24, 2.45) is 5.10 Å². The van der Waals surface area contributed by atoms with Gasteiger partial charge in [-0.3, -0.25) is 4.79 Å². The lowest BCUT2D eigenvalue weighted by Gasteiger charge is -2.12. The summed E-state index contributed by atoms with van der Waals surface area (Å²) in [7, 11) is -4.03. The van der Waals surface area contributed by atoms with Gasteiger partial charge >= 0.3 is 10.1 Å². The molecule has 0 saturated carbocycles. The van der Waals surface area contributed by atoms with E-state index in [4.69, 9.17) is 25.3 Å². The van der Waals surface area contributed by atoms with Crippen LogP contribution in [-0.2, 0) is 10.1 Å². The zero-order chi connectivity index (χ0) is 25.3. The topological polar surface area (TPSA) is 103 Å². The van der Waals surface area contributed by atoms with E-state index in [9.17, 15) is 13.2 Å². The molecule has 0 spiro atoms. The molecule has 184 valence electrons. The predicted octanol–water partition coefficient (Wildman–Crippen LogP) is 5.06. The molecule has 3 rings (SSSR count). The van der Waals surface area contributed by atoms with Crippen LogP contribution in [0.15, 0.2) is 76.7 Å². The molecule has 0 aromatic heterocycles. The van der Waals surface area contributed by atoms with Crippen LogP contribution in [0.4, 0.5) is 0 Å². The second kappa shape index (κ2) is 12.2. The molecule has 0 aliphatic carbocycles. The van der Waals surface area contributed by atoms with Gasteiger partial charge in [0.25, 0.3) is 5.91 Å². The van der Waals surface area contributed by atoms with Gasteiger partial charge in [0.1, 0.15) is 10.6 Å². The highest BCUT2D eigenvalue weighted by Crippen LogP contribution is 2.28. The van der Waals surface area contributed by atoms with Crippen LogP contribution >= 0.6 is 11.6 Å². The van der Waals surface area contributed by atoms with E-state index in [1.807, 2.05) is 13.8 Å². The Balaban J connectivity index is 1.66. The second-order valence-corrected chi connectivity index (χ2v) is 9.19. The Bertz CT molecular complexity index is 1290. The summed E-state index contributed by atoms with van der Waals surface area (Å²) in [4.78, 5) is 12.5. The second-order valence-electron chi connectivity index (χ2n) is 7.21. The summed E-state index contributed by atoms with van der Waals surface area (Å²) in [5, 5.41) is 4.37. The van der Waals surface area contributed by atoms with Crippen molar-refractivity contribution in [3.63, 3.8) is 0 Å². The molecule has 10 heteroatoms. The zero-order valence-electron chi connectivity index (χ0n) is 19.2. The zero-order valence-corrected chi connectivity index (χ0v) is 20.8. The lowest BCUT2D eigenvalue weighted by molar-refractivity contribution is 0.0954. The molecule has 8 nitrogen and oxygen atoms in total. The van der Waals surface area contributed by atoms with Crippen LogP contribution in [0.25, 0.3) is 0 Å². The molecule has 0 aliphatic rings. The first kappa shape index (κ1) is 26.1. The number of benzene rings is 3. The van der Waals surface area contributed by atoms with Gasteiger partial charge in [-0.2, -0.15) is 13.5 Å². The monoisotopic (exact) mass is 516 g/mol. The highest BCUT2D eigenvalue weighted by atomic mass is 35.5. The average molecular weight is 517 g/mol. The summed E-state index contributed by atoms with van der Waals surface area (Å²) >= 11 is 5.81. The lowest BCUT2D eigenvalue weighted by Crippen LogP contribution is -2.17. The number of nitrogens with one attached hydrogen (secondary N) is 1. The molecule has 0 atom stereocenters. The maximum atomic E-state index is 12.5. The van der Waals surface area contributed by atoms with Crippen LogP contribution in [0.5, 0.6) is 17.2 Å². The van der Waals surface area contributed by atoms with Gasteiger partial charge in [-0.15, -0.1) is 0 Å². The van der Waals surface area contributed by atoms with Gasteiger partial charge < -0.3 is 13.7 Å². The largest absolute Gasteiger partial charge is 0.490 e. The quantitative estimate of drug-likeness (QED) is 0.217. The Labute approximate surface area is 209 Å². The fraction of sp³-hybridized carbons (Fsp3) is 0.200. The Morgan fingerprint density at radius 2 is 1.77 bits per heavy atom. The molecule has 0 aliphatic heterocycles. The fourth-order valence-electron chi connectivity index (χ4n) is 2.90. The summed E-state index contributed by atoms with van der Waals surface area (Å²) in [6.07, 6.45) is 2.23. The van der Waals surface area contributed by atoms with E-state index >= 15 is 0 Å². The van der Waals surface area contributed by atoms with Crippen molar-refractivity contribution < 1.29 is 26.9 Å². The minimum absolute atomic E-state index is 0.0224. The molecular weight excluding hydrogens is 492 g/mol. The Hall–Kier alpha value is -3.56. The number of carbonyl (C=O) groups excluding carboxylic acids is 1. The number of carbonyl (C=O) groups is 1. The van der Waals surface area contributed by atoms with E-state index in [1.165, 1.54) is 42.6 Å². The molecule has 0 saturated heterocycles. The van der Waals surface area contributed by atoms with E-state index < -0.39 is 16.0 Å². The first-order valence-electron chi connectivity index (χ1n) is 10.9. The van der Waals surface area contributed by atoms with Gasteiger partial charge in [0.2, 0.25) is 0 Å². The van der Waals surface area contributed by atoms with Crippen molar-refractivity contribution >= 4 is 33.8 Å². The maximum Gasteiger partial charge on any atom is 0.339 e. The van der Waals surface area contributed by atoms with Crippen molar-refractivity contribution in [2.75, 3.05) is 13.2 Å². The van der Waals surface area contributed by atoms with Gasteiger partial charge in [-0.25, -0.2) is 5.43 Å². The van der Waals surface area contributed by atoms with Gasteiger partial charge in [-0.1, -0.05) is 30.7 Å². The summed E-state index contributed by atoms with van der Waals surface area (Å²) in [6.45, 7) is 4.82. The number of halogens is 1. The lowest BCUT2D eigenvalue weighted by atomic mass is 10.2. The van der Waals surface area contributed by atoms with E-state index in [0.29, 0.717) is 40.9 Å². The first-order valence-corrected chi connectivity index (χ1v) is 12.6. The molecule has 0 unspecified atom stereocenters. The minimum atomic E-state index is -4.03. The minimum Gasteiger partial charge on any atom is -0.490 e. The van der Waals surface area contributed by atoms with Crippen molar-refractivity contribution in [3.8, 4) is 17.2 Å². The molecule has 3 aromatic rings. The van der Waals surface area contributed by atoms with Crippen molar-refractivity contribution in [2.45, 2.75) is 25.2 Å². The first-order chi connectivity index (χ1) is 16.8. The number of rotatable bonds is 11. The van der Waals surface area contributed by atoms with Crippen molar-refractivity contribution in [1.29, 1.82) is 0 Å². The number of ether oxygens (including phenoxy) is 2. The number of hydrogen-bond donors (Lipinski definition) is 1. The summed E-state index contributed by atoms with van der Waals surface area (Å²) in [5.74, 6) is 0.699. The predicted molar refractivity (Wildman–Crippen MR) is 134 cm³/mol. The third kappa shape index (κ3) is 7.46. The van der Waals surface area contributed by atoms with E-state index in [-0.39, 0.29) is 10.6 Å². The number of hydrazone groups is 1. The van der Waals surface area contributed by atoms with Crippen molar-refractivity contribution in [1.82, 2.24) is 5.43 Å². The van der Waals surface area contributed by atoms with Crippen LogP contribution in [0.3, 0.4) is 0 Å². The van der Waals surface area contributed by atoms with Gasteiger partial charge in [0.05, 0.1) is 19.4 Å². The molecule has 1 N–H and O–H groups in total. The molecule has 0 bridgehead atoms.